The van der Waals surface area contributed by atoms with Crippen LogP contribution in [-0.2, 0) is 14.3 Å². The molecule has 0 radical (unpaired) electrons. The third-order valence-electron chi connectivity index (χ3n) is 4.53. The Morgan fingerprint density at radius 3 is 2.62 bits per heavy atom. The number of nitrogens with zero attached hydrogens (tertiary/aromatic N) is 1. The second-order valence-corrected chi connectivity index (χ2v) is 6.32. The van der Waals surface area contributed by atoms with Crippen LogP contribution in [0.15, 0.2) is 18.2 Å². The Hall–Kier alpha value is -2.44. The van der Waals surface area contributed by atoms with Crippen molar-refractivity contribution in [2.75, 3.05) is 39.7 Å². The van der Waals surface area contributed by atoms with Crippen molar-refractivity contribution in [3.63, 3.8) is 0 Å². The zero-order chi connectivity index (χ0) is 18.9. The minimum atomic E-state index is -0.274. The van der Waals surface area contributed by atoms with Crippen LogP contribution in [0.3, 0.4) is 0 Å². The van der Waals surface area contributed by atoms with Crippen molar-refractivity contribution in [1.29, 1.82) is 0 Å². The van der Waals surface area contributed by atoms with Crippen molar-refractivity contribution >= 4 is 17.6 Å². The first-order valence-electron chi connectivity index (χ1n) is 8.90. The molecule has 1 fully saturated rings. The number of rotatable bonds is 8. The van der Waals surface area contributed by atoms with Crippen molar-refractivity contribution in [2.45, 2.75) is 38.1 Å². The maximum absolute atomic E-state index is 12.4. The second-order valence-electron chi connectivity index (χ2n) is 6.32. The van der Waals surface area contributed by atoms with Gasteiger partial charge in [0, 0.05) is 43.7 Å². The van der Waals surface area contributed by atoms with Gasteiger partial charge in [-0.15, -0.1) is 0 Å². The highest BCUT2D eigenvalue weighted by atomic mass is 16.5. The van der Waals surface area contributed by atoms with Gasteiger partial charge in [0.05, 0.1) is 21.3 Å². The van der Waals surface area contributed by atoms with Gasteiger partial charge >= 0.3 is 5.97 Å². The van der Waals surface area contributed by atoms with Crippen LogP contribution in [0.5, 0.6) is 11.5 Å². The number of esters is 1. The van der Waals surface area contributed by atoms with E-state index in [4.69, 9.17) is 9.47 Å². The van der Waals surface area contributed by atoms with Crippen LogP contribution in [0.2, 0.25) is 0 Å². The normalized spacial score (nSPS) is 16.7. The smallest absolute Gasteiger partial charge is 0.305 e. The van der Waals surface area contributed by atoms with Crippen LogP contribution in [0.25, 0.3) is 0 Å². The maximum Gasteiger partial charge on any atom is 0.305 e. The van der Waals surface area contributed by atoms with Crippen molar-refractivity contribution in [1.82, 2.24) is 4.90 Å². The number of nitrogens with one attached hydrogen (secondary N) is 1. The molecule has 1 aliphatic heterocycles. The molecule has 0 saturated carbocycles. The van der Waals surface area contributed by atoms with E-state index in [1.165, 1.54) is 7.11 Å². The molecule has 0 unspecified atom stereocenters. The molecule has 0 spiro atoms. The van der Waals surface area contributed by atoms with E-state index < -0.39 is 0 Å². The second kappa shape index (κ2) is 9.89. The van der Waals surface area contributed by atoms with Gasteiger partial charge in [-0.25, -0.2) is 0 Å². The number of methoxy groups -OCH3 is 3. The van der Waals surface area contributed by atoms with Crippen molar-refractivity contribution in [3.05, 3.63) is 18.2 Å². The lowest BCUT2D eigenvalue weighted by molar-refractivity contribution is -0.141. The molecule has 144 valence electrons. The third kappa shape index (κ3) is 5.54. The Morgan fingerprint density at radius 2 is 1.92 bits per heavy atom. The molecule has 1 heterocycles. The number of anilines is 1. The van der Waals surface area contributed by atoms with Crippen LogP contribution >= 0.6 is 0 Å². The molecule has 1 aromatic carbocycles. The number of carbonyl (C=O) groups is 2. The van der Waals surface area contributed by atoms with E-state index in [-0.39, 0.29) is 24.3 Å². The predicted octanol–water partition coefficient (Wildman–Crippen LogP) is 2.45. The Bertz CT molecular complexity index is 620. The summed E-state index contributed by atoms with van der Waals surface area (Å²) in [5.41, 5.74) is 0.938. The van der Waals surface area contributed by atoms with Crippen LogP contribution in [0.4, 0.5) is 5.69 Å². The molecule has 0 aliphatic carbocycles. The van der Waals surface area contributed by atoms with Crippen LogP contribution in [-0.4, -0.2) is 57.2 Å². The average molecular weight is 364 g/mol. The number of benzene rings is 1. The van der Waals surface area contributed by atoms with Gasteiger partial charge < -0.3 is 24.4 Å². The molecule has 7 nitrogen and oxygen atoms in total. The molecule has 1 aliphatic rings. The van der Waals surface area contributed by atoms with Crippen molar-refractivity contribution in [2.24, 2.45) is 0 Å². The van der Waals surface area contributed by atoms with E-state index >= 15 is 0 Å². The number of piperidine rings is 1. The number of amides is 1. The number of likely N-dealkylation sites (tertiary alicyclic amines) is 1. The Balaban J connectivity index is 1.87. The standard InChI is InChI=1S/C19H28N2O5/c1-24-16-10-9-14(12-17(16)25-2)20-15-6-5-11-21(13-15)18(22)7-4-8-19(23)26-3/h9-10,12,15,20H,4-8,11,13H2,1-3H3/t15-/m0/s1. The lowest BCUT2D eigenvalue weighted by Crippen LogP contribution is -2.45. The van der Waals surface area contributed by atoms with Gasteiger partial charge in [0.15, 0.2) is 11.5 Å². The molecular weight excluding hydrogens is 336 g/mol. The molecule has 7 heteroatoms. The fraction of sp³-hybridized carbons (Fsp3) is 0.579. The highest BCUT2D eigenvalue weighted by molar-refractivity contribution is 5.77. The molecule has 1 amide bonds. The molecule has 1 aromatic rings. The maximum atomic E-state index is 12.4. The number of carbonyl (C=O) groups excluding carboxylic acids is 2. The SMILES string of the molecule is COC(=O)CCCC(=O)N1CCC[C@H](Nc2ccc(OC)c(OC)c2)C1. The van der Waals surface area contributed by atoms with Gasteiger partial charge in [-0.2, -0.15) is 0 Å². The fourth-order valence-corrected chi connectivity index (χ4v) is 3.13. The Morgan fingerprint density at radius 1 is 1.15 bits per heavy atom. The highest BCUT2D eigenvalue weighted by Gasteiger charge is 2.23. The first kappa shape index (κ1) is 19.9. The van der Waals surface area contributed by atoms with E-state index in [1.54, 1.807) is 14.2 Å². The summed E-state index contributed by atoms with van der Waals surface area (Å²) in [6.07, 6.45) is 3.13. The lowest BCUT2D eigenvalue weighted by atomic mass is 10.0. The van der Waals surface area contributed by atoms with Crippen LogP contribution in [0, 0.1) is 0 Å². The molecule has 1 atom stereocenters. The zero-order valence-corrected chi connectivity index (χ0v) is 15.7. The molecule has 1 N–H and O–H groups in total. The van der Waals surface area contributed by atoms with Gasteiger partial charge in [0.25, 0.3) is 0 Å². The van der Waals surface area contributed by atoms with Gasteiger partial charge in [0.1, 0.15) is 0 Å². The molecular formula is C19H28N2O5. The molecule has 26 heavy (non-hydrogen) atoms. The highest BCUT2D eigenvalue weighted by Crippen LogP contribution is 2.30. The summed E-state index contributed by atoms with van der Waals surface area (Å²) in [5.74, 6) is 1.17. The summed E-state index contributed by atoms with van der Waals surface area (Å²) in [7, 11) is 4.58. The van der Waals surface area contributed by atoms with Crippen molar-refractivity contribution in [3.8, 4) is 11.5 Å². The van der Waals surface area contributed by atoms with Gasteiger partial charge in [-0.1, -0.05) is 0 Å². The quantitative estimate of drug-likeness (QED) is 0.714. The lowest BCUT2D eigenvalue weighted by Gasteiger charge is -2.34. The van der Waals surface area contributed by atoms with E-state index in [0.29, 0.717) is 30.9 Å². The first-order valence-corrected chi connectivity index (χ1v) is 8.90. The molecule has 0 bridgehead atoms. The minimum Gasteiger partial charge on any atom is -0.493 e. The largest absolute Gasteiger partial charge is 0.493 e. The summed E-state index contributed by atoms with van der Waals surface area (Å²) in [4.78, 5) is 25.4. The van der Waals surface area contributed by atoms with Gasteiger partial charge in [-0.3, -0.25) is 9.59 Å². The third-order valence-corrected chi connectivity index (χ3v) is 4.53. The number of hydrogen-bond donors (Lipinski definition) is 1. The monoisotopic (exact) mass is 364 g/mol. The van der Waals surface area contributed by atoms with E-state index in [9.17, 15) is 9.59 Å². The molecule has 0 aromatic heterocycles. The summed E-state index contributed by atoms with van der Waals surface area (Å²) in [6.45, 7) is 1.42. The number of hydrogen-bond acceptors (Lipinski definition) is 6. The van der Waals surface area contributed by atoms with E-state index in [0.717, 1.165) is 25.1 Å². The predicted molar refractivity (Wildman–Crippen MR) is 98.6 cm³/mol. The fourth-order valence-electron chi connectivity index (χ4n) is 3.13. The summed E-state index contributed by atoms with van der Waals surface area (Å²) in [6, 6.07) is 5.89. The van der Waals surface area contributed by atoms with E-state index in [1.807, 2.05) is 23.1 Å². The topological polar surface area (TPSA) is 77.1 Å². The molecule has 1 saturated heterocycles. The van der Waals surface area contributed by atoms with Crippen molar-refractivity contribution < 1.29 is 23.8 Å². The van der Waals surface area contributed by atoms with E-state index in [2.05, 4.69) is 10.1 Å². The van der Waals surface area contributed by atoms with Crippen LogP contribution < -0.4 is 14.8 Å². The summed E-state index contributed by atoms with van der Waals surface area (Å²) < 4.78 is 15.2. The zero-order valence-electron chi connectivity index (χ0n) is 15.7. The summed E-state index contributed by atoms with van der Waals surface area (Å²) >= 11 is 0. The Kier molecular flexibility index (Phi) is 7.56. The van der Waals surface area contributed by atoms with Gasteiger partial charge in [-0.05, 0) is 31.4 Å². The number of ether oxygens (including phenoxy) is 3. The van der Waals surface area contributed by atoms with Gasteiger partial charge in [0.2, 0.25) is 5.91 Å². The minimum absolute atomic E-state index is 0.0905. The van der Waals surface area contributed by atoms with Crippen LogP contribution in [0.1, 0.15) is 32.1 Å². The average Bonchev–Trinajstić information content (AvgIpc) is 2.67. The Labute approximate surface area is 154 Å². The summed E-state index contributed by atoms with van der Waals surface area (Å²) in [5, 5.41) is 3.47. The molecule has 2 rings (SSSR count). The first-order chi connectivity index (χ1) is 12.6.